The predicted octanol–water partition coefficient (Wildman–Crippen LogP) is 4.66. The minimum Gasteiger partial charge on any atom is -0.477 e. The number of carbonyl (C=O) groups is 1. The molecule has 0 spiro atoms. The number of carboxylic acid groups (broad SMARTS) is 1. The fourth-order valence-corrected chi connectivity index (χ4v) is 5.01. The quantitative estimate of drug-likeness (QED) is 0.606. The molecule has 0 amide bonds. The molecular weight excluding hydrogens is 418 g/mol. The maximum absolute atomic E-state index is 12.0. The second-order valence-corrected chi connectivity index (χ2v) is 9.34. The van der Waals surface area contributed by atoms with E-state index in [4.69, 9.17) is 14.8 Å². The number of aromatic nitrogens is 4. The molecule has 1 saturated carbocycles. The van der Waals surface area contributed by atoms with Crippen molar-refractivity contribution in [3.8, 4) is 11.1 Å². The van der Waals surface area contributed by atoms with Crippen molar-refractivity contribution in [3.05, 3.63) is 35.8 Å². The van der Waals surface area contributed by atoms with Crippen molar-refractivity contribution in [1.29, 1.82) is 0 Å². The zero-order valence-corrected chi connectivity index (χ0v) is 19.3. The van der Waals surface area contributed by atoms with Crippen LogP contribution in [0.15, 0.2) is 24.4 Å². The van der Waals surface area contributed by atoms with Gasteiger partial charge in [-0.1, -0.05) is 33.1 Å². The van der Waals surface area contributed by atoms with Crippen molar-refractivity contribution in [2.75, 3.05) is 31.2 Å². The van der Waals surface area contributed by atoms with Crippen LogP contribution in [0.1, 0.15) is 74.1 Å². The standard InChI is InChI=1S/C25H31N5O3/c1-16(2)23-22-19(17-8-9-21(26-15-17)29-10-12-33-13-11-29)14-20(25(31)32)27-24(22)30(28-23)18-6-4-3-5-7-18/h8-9,14-16,18H,3-7,10-13H2,1-2H3,(H,31,32). The fraction of sp³-hybridized carbons (Fsp3) is 0.520. The first-order chi connectivity index (χ1) is 16.0. The third-order valence-corrected chi connectivity index (χ3v) is 6.77. The molecular formula is C25H31N5O3. The summed E-state index contributed by atoms with van der Waals surface area (Å²) in [7, 11) is 0. The maximum Gasteiger partial charge on any atom is 0.354 e. The van der Waals surface area contributed by atoms with Gasteiger partial charge in [-0.25, -0.2) is 19.4 Å². The molecule has 5 rings (SSSR count). The number of fused-ring (bicyclic) bond motifs is 1. The number of ether oxygens (including phenoxy) is 1. The summed E-state index contributed by atoms with van der Waals surface area (Å²) in [6, 6.07) is 5.98. The molecule has 1 N–H and O–H groups in total. The molecule has 33 heavy (non-hydrogen) atoms. The van der Waals surface area contributed by atoms with Gasteiger partial charge in [-0.15, -0.1) is 0 Å². The van der Waals surface area contributed by atoms with Crippen molar-refractivity contribution >= 4 is 22.8 Å². The lowest BCUT2D eigenvalue weighted by Crippen LogP contribution is -2.36. The van der Waals surface area contributed by atoms with Crippen molar-refractivity contribution < 1.29 is 14.6 Å². The Hall–Kier alpha value is -3.00. The van der Waals surface area contributed by atoms with Crippen LogP contribution in [0.25, 0.3) is 22.2 Å². The van der Waals surface area contributed by atoms with Gasteiger partial charge in [-0.3, -0.25) is 0 Å². The van der Waals surface area contributed by atoms with E-state index in [2.05, 4.69) is 23.7 Å². The third kappa shape index (κ3) is 4.19. The summed E-state index contributed by atoms with van der Waals surface area (Å²) < 4.78 is 7.45. The summed E-state index contributed by atoms with van der Waals surface area (Å²) in [6.07, 6.45) is 7.53. The van der Waals surface area contributed by atoms with Gasteiger partial charge in [0.2, 0.25) is 0 Å². The van der Waals surface area contributed by atoms with Crippen LogP contribution in [0.5, 0.6) is 0 Å². The minimum atomic E-state index is -1.03. The van der Waals surface area contributed by atoms with Gasteiger partial charge in [0.15, 0.2) is 11.3 Å². The van der Waals surface area contributed by atoms with E-state index < -0.39 is 5.97 Å². The number of hydrogen-bond acceptors (Lipinski definition) is 6. The first kappa shape index (κ1) is 21.8. The molecule has 3 aromatic heterocycles. The fourth-order valence-electron chi connectivity index (χ4n) is 5.01. The molecule has 2 aliphatic rings. The molecule has 174 valence electrons. The second kappa shape index (κ2) is 9.09. The molecule has 0 unspecified atom stereocenters. The van der Waals surface area contributed by atoms with Gasteiger partial charge in [0.25, 0.3) is 0 Å². The number of carboxylic acids is 1. The van der Waals surface area contributed by atoms with E-state index in [9.17, 15) is 9.90 Å². The van der Waals surface area contributed by atoms with Gasteiger partial charge in [-0.05, 0) is 42.5 Å². The van der Waals surface area contributed by atoms with Gasteiger partial charge in [-0.2, -0.15) is 5.10 Å². The lowest BCUT2D eigenvalue weighted by Gasteiger charge is -2.27. The molecule has 4 heterocycles. The van der Waals surface area contributed by atoms with E-state index in [0.717, 1.165) is 54.0 Å². The van der Waals surface area contributed by atoms with Crippen LogP contribution in [0.2, 0.25) is 0 Å². The molecule has 3 aromatic rings. The minimum absolute atomic E-state index is 0.0435. The van der Waals surface area contributed by atoms with Crippen LogP contribution < -0.4 is 4.90 Å². The number of anilines is 1. The smallest absolute Gasteiger partial charge is 0.354 e. The lowest BCUT2D eigenvalue weighted by atomic mass is 9.95. The summed E-state index contributed by atoms with van der Waals surface area (Å²) in [6.45, 7) is 7.30. The Kier molecular flexibility index (Phi) is 6.01. The van der Waals surface area contributed by atoms with Gasteiger partial charge in [0.05, 0.1) is 30.3 Å². The van der Waals surface area contributed by atoms with E-state index in [0.29, 0.717) is 18.9 Å². The highest BCUT2D eigenvalue weighted by Crippen LogP contribution is 2.38. The van der Waals surface area contributed by atoms with E-state index in [1.54, 1.807) is 6.07 Å². The zero-order valence-electron chi connectivity index (χ0n) is 19.3. The Bertz CT molecular complexity index is 1140. The van der Waals surface area contributed by atoms with Crippen LogP contribution in [0.4, 0.5) is 5.82 Å². The molecule has 1 saturated heterocycles. The van der Waals surface area contributed by atoms with E-state index in [-0.39, 0.29) is 17.7 Å². The number of aromatic carboxylic acids is 1. The highest BCUT2D eigenvalue weighted by molar-refractivity contribution is 5.99. The number of nitrogens with zero attached hydrogens (tertiary/aromatic N) is 5. The first-order valence-corrected chi connectivity index (χ1v) is 12.0. The van der Waals surface area contributed by atoms with Gasteiger partial charge in [0.1, 0.15) is 5.82 Å². The van der Waals surface area contributed by atoms with Crippen molar-refractivity contribution in [3.63, 3.8) is 0 Å². The van der Waals surface area contributed by atoms with Crippen LogP contribution >= 0.6 is 0 Å². The average Bonchev–Trinajstić information content (AvgIpc) is 3.25. The number of hydrogen-bond donors (Lipinski definition) is 1. The molecule has 2 fully saturated rings. The Balaban J connectivity index is 1.65. The number of morpholine rings is 1. The van der Waals surface area contributed by atoms with Crippen molar-refractivity contribution in [1.82, 2.24) is 19.7 Å². The van der Waals surface area contributed by atoms with Crippen molar-refractivity contribution in [2.24, 2.45) is 0 Å². The SMILES string of the molecule is CC(C)c1nn(C2CCCCC2)c2nc(C(=O)O)cc(-c3ccc(N4CCOCC4)nc3)c12. The van der Waals surface area contributed by atoms with Gasteiger partial charge >= 0.3 is 5.97 Å². The number of rotatable bonds is 5. The van der Waals surface area contributed by atoms with Crippen LogP contribution in [-0.2, 0) is 4.74 Å². The van der Waals surface area contributed by atoms with E-state index in [1.165, 1.54) is 19.3 Å². The van der Waals surface area contributed by atoms with Crippen LogP contribution in [0, 0.1) is 0 Å². The Morgan fingerprint density at radius 1 is 1.15 bits per heavy atom. The summed E-state index contributed by atoms with van der Waals surface area (Å²) >= 11 is 0. The summed E-state index contributed by atoms with van der Waals surface area (Å²) in [5, 5.41) is 15.8. The molecule has 8 nitrogen and oxygen atoms in total. The third-order valence-electron chi connectivity index (χ3n) is 6.77. The Morgan fingerprint density at radius 3 is 2.55 bits per heavy atom. The largest absolute Gasteiger partial charge is 0.477 e. The Morgan fingerprint density at radius 2 is 1.91 bits per heavy atom. The summed E-state index contributed by atoms with van der Waals surface area (Å²) in [5.74, 6) is 0.0699. The first-order valence-electron chi connectivity index (χ1n) is 12.0. The highest BCUT2D eigenvalue weighted by Gasteiger charge is 2.26. The van der Waals surface area contributed by atoms with E-state index in [1.807, 2.05) is 23.0 Å². The van der Waals surface area contributed by atoms with Gasteiger partial charge < -0.3 is 14.7 Å². The predicted molar refractivity (Wildman–Crippen MR) is 127 cm³/mol. The normalized spacial score (nSPS) is 17.7. The molecule has 0 bridgehead atoms. The topological polar surface area (TPSA) is 93.4 Å². The maximum atomic E-state index is 12.0. The van der Waals surface area contributed by atoms with Gasteiger partial charge in [0, 0.05) is 24.8 Å². The van der Waals surface area contributed by atoms with E-state index >= 15 is 0 Å². The molecule has 0 aromatic carbocycles. The zero-order chi connectivity index (χ0) is 22.9. The molecule has 1 aliphatic heterocycles. The summed E-state index contributed by atoms with van der Waals surface area (Å²) in [5.41, 5.74) is 3.41. The lowest BCUT2D eigenvalue weighted by molar-refractivity contribution is 0.0691. The highest BCUT2D eigenvalue weighted by atomic mass is 16.5. The molecule has 8 heteroatoms. The number of pyridine rings is 2. The summed E-state index contributed by atoms with van der Waals surface area (Å²) in [4.78, 5) is 23.5. The van der Waals surface area contributed by atoms with Crippen LogP contribution in [0.3, 0.4) is 0 Å². The molecule has 0 atom stereocenters. The average molecular weight is 450 g/mol. The second-order valence-electron chi connectivity index (χ2n) is 9.34. The monoisotopic (exact) mass is 449 g/mol. The Labute approximate surface area is 193 Å². The van der Waals surface area contributed by atoms with Crippen LogP contribution in [-0.4, -0.2) is 57.1 Å². The van der Waals surface area contributed by atoms with Crippen molar-refractivity contribution in [2.45, 2.75) is 57.9 Å². The molecule has 0 radical (unpaired) electrons. The molecule has 1 aliphatic carbocycles.